The Bertz CT molecular complexity index is 726. The second-order valence-corrected chi connectivity index (χ2v) is 6.20. The predicted octanol–water partition coefficient (Wildman–Crippen LogP) is 2.83. The van der Waals surface area contributed by atoms with Crippen molar-refractivity contribution in [3.63, 3.8) is 0 Å². The van der Waals surface area contributed by atoms with Crippen LogP contribution in [0.2, 0.25) is 5.15 Å². The molecule has 0 saturated heterocycles. The standard InChI is InChI=1S/C10H6BrClFN3O2S/c11-7-4-6(5-15-9(7)12)16-19(17,18)10-8(13)2-1-3-14-10/h1-5,16H. The van der Waals surface area contributed by atoms with Crippen LogP contribution in [0.15, 0.2) is 40.1 Å². The van der Waals surface area contributed by atoms with Crippen molar-refractivity contribution in [2.24, 2.45) is 0 Å². The summed E-state index contributed by atoms with van der Waals surface area (Å²) >= 11 is 8.79. The van der Waals surface area contributed by atoms with Gasteiger partial charge in [-0.15, -0.1) is 0 Å². The van der Waals surface area contributed by atoms with E-state index >= 15 is 0 Å². The van der Waals surface area contributed by atoms with Gasteiger partial charge in [-0.05, 0) is 34.1 Å². The Labute approximate surface area is 122 Å². The van der Waals surface area contributed by atoms with Crippen LogP contribution < -0.4 is 4.72 Å². The lowest BCUT2D eigenvalue weighted by Gasteiger charge is -2.08. The first-order chi connectivity index (χ1) is 8.90. The van der Waals surface area contributed by atoms with Crippen molar-refractivity contribution in [1.82, 2.24) is 9.97 Å². The maximum Gasteiger partial charge on any atom is 0.282 e. The molecular weight excluding hydrogens is 361 g/mol. The molecule has 19 heavy (non-hydrogen) atoms. The first-order valence-electron chi connectivity index (χ1n) is 4.84. The number of nitrogens with zero attached hydrogens (tertiary/aromatic N) is 2. The Morgan fingerprint density at radius 1 is 1.37 bits per heavy atom. The van der Waals surface area contributed by atoms with Crippen molar-refractivity contribution in [2.75, 3.05) is 4.72 Å². The van der Waals surface area contributed by atoms with E-state index < -0.39 is 20.9 Å². The number of aromatic nitrogens is 2. The number of hydrogen-bond acceptors (Lipinski definition) is 4. The smallest absolute Gasteiger partial charge is 0.277 e. The van der Waals surface area contributed by atoms with Gasteiger partial charge in [-0.25, -0.2) is 14.4 Å². The Morgan fingerprint density at radius 2 is 2.11 bits per heavy atom. The molecule has 5 nitrogen and oxygen atoms in total. The molecule has 0 aliphatic carbocycles. The maximum absolute atomic E-state index is 13.4. The lowest BCUT2D eigenvalue weighted by Crippen LogP contribution is -2.16. The first-order valence-corrected chi connectivity index (χ1v) is 7.50. The molecule has 100 valence electrons. The maximum atomic E-state index is 13.4. The quantitative estimate of drug-likeness (QED) is 0.848. The summed E-state index contributed by atoms with van der Waals surface area (Å²) in [5.74, 6) is -0.934. The van der Waals surface area contributed by atoms with Crippen LogP contribution in [0.25, 0.3) is 0 Å². The highest BCUT2D eigenvalue weighted by atomic mass is 79.9. The van der Waals surface area contributed by atoms with Crippen LogP contribution in [0.1, 0.15) is 0 Å². The predicted molar refractivity (Wildman–Crippen MR) is 72.0 cm³/mol. The number of hydrogen-bond donors (Lipinski definition) is 1. The summed E-state index contributed by atoms with van der Waals surface area (Å²) < 4.78 is 39.8. The Hall–Kier alpha value is -1.25. The molecule has 0 aliphatic heterocycles. The van der Waals surface area contributed by atoms with Gasteiger partial charge in [0.05, 0.1) is 16.4 Å². The highest BCUT2D eigenvalue weighted by Gasteiger charge is 2.20. The van der Waals surface area contributed by atoms with E-state index in [1.807, 2.05) is 0 Å². The van der Waals surface area contributed by atoms with Gasteiger partial charge in [-0.3, -0.25) is 4.72 Å². The second-order valence-electron chi connectivity index (χ2n) is 3.39. The Balaban J connectivity index is 2.37. The van der Waals surface area contributed by atoms with Crippen molar-refractivity contribution in [3.05, 3.63) is 46.0 Å². The monoisotopic (exact) mass is 365 g/mol. The summed E-state index contributed by atoms with van der Waals surface area (Å²) in [5.41, 5.74) is 0.140. The number of anilines is 1. The van der Waals surface area contributed by atoms with Gasteiger partial charge in [-0.2, -0.15) is 8.42 Å². The van der Waals surface area contributed by atoms with Crippen LogP contribution in [0.5, 0.6) is 0 Å². The molecule has 0 bridgehead atoms. The van der Waals surface area contributed by atoms with E-state index in [2.05, 4.69) is 30.6 Å². The highest BCUT2D eigenvalue weighted by Crippen LogP contribution is 2.24. The summed E-state index contributed by atoms with van der Waals surface area (Å²) in [6.07, 6.45) is 2.40. The molecule has 0 atom stereocenters. The Kier molecular flexibility index (Phi) is 4.02. The molecule has 0 saturated carbocycles. The van der Waals surface area contributed by atoms with Crippen molar-refractivity contribution < 1.29 is 12.8 Å². The minimum Gasteiger partial charge on any atom is -0.277 e. The van der Waals surface area contributed by atoms with Crippen LogP contribution in [0.3, 0.4) is 0 Å². The van der Waals surface area contributed by atoms with Crippen LogP contribution in [0, 0.1) is 5.82 Å². The van der Waals surface area contributed by atoms with Gasteiger partial charge in [0, 0.05) is 6.20 Å². The molecule has 0 spiro atoms. The van der Waals surface area contributed by atoms with Gasteiger partial charge in [0.1, 0.15) is 5.15 Å². The molecular formula is C10H6BrClFN3O2S. The van der Waals surface area contributed by atoms with Crippen molar-refractivity contribution >= 4 is 43.2 Å². The largest absolute Gasteiger partial charge is 0.282 e. The lowest BCUT2D eigenvalue weighted by molar-refractivity contribution is 0.557. The zero-order valence-electron chi connectivity index (χ0n) is 9.14. The fourth-order valence-electron chi connectivity index (χ4n) is 1.25. The fourth-order valence-corrected chi connectivity index (χ4v) is 2.74. The van der Waals surface area contributed by atoms with E-state index in [0.29, 0.717) is 4.47 Å². The molecule has 0 radical (unpaired) electrons. The van der Waals surface area contributed by atoms with Gasteiger partial charge in [0.15, 0.2) is 5.82 Å². The fraction of sp³-hybridized carbons (Fsp3) is 0. The zero-order chi connectivity index (χ0) is 14.0. The minimum atomic E-state index is -4.11. The van der Waals surface area contributed by atoms with Crippen molar-refractivity contribution in [1.29, 1.82) is 0 Å². The molecule has 2 heterocycles. The van der Waals surface area contributed by atoms with Crippen molar-refractivity contribution in [3.8, 4) is 0 Å². The molecule has 2 rings (SSSR count). The van der Waals surface area contributed by atoms with Crippen LogP contribution in [-0.4, -0.2) is 18.4 Å². The third-order valence-corrected chi connectivity index (χ3v) is 4.48. The van der Waals surface area contributed by atoms with Gasteiger partial charge in [-0.1, -0.05) is 11.6 Å². The molecule has 1 N–H and O–H groups in total. The molecule has 0 amide bonds. The van der Waals surface area contributed by atoms with Gasteiger partial charge in [0.2, 0.25) is 5.03 Å². The highest BCUT2D eigenvalue weighted by molar-refractivity contribution is 9.10. The van der Waals surface area contributed by atoms with E-state index in [1.54, 1.807) is 0 Å². The van der Waals surface area contributed by atoms with Gasteiger partial charge < -0.3 is 0 Å². The number of rotatable bonds is 3. The molecule has 2 aromatic rings. The number of nitrogens with one attached hydrogen (secondary N) is 1. The van der Waals surface area contributed by atoms with Crippen molar-refractivity contribution in [2.45, 2.75) is 5.03 Å². The molecule has 0 aliphatic rings. The van der Waals surface area contributed by atoms with E-state index in [0.717, 1.165) is 6.07 Å². The summed E-state index contributed by atoms with van der Waals surface area (Å²) in [6.45, 7) is 0. The second kappa shape index (κ2) is 5.40. The molecule has 0 fully saturated rings. The first kappa shape index (κ1) is 14.2. The SMILES string of the molecule is O=S(=O)(Nc1cnc(Cl)c(Br)c1)c1ncccc1F. The lowest BCUT2D eigenvalue weighted by atomic mass is 10.4. The zero-order valence-corrected chi connectivity index (χ0v) is 12.3. The van der Waals surface area contributed by atoms with Crippen LogP contribution >= 0.6 is 27.5 Å². The molecule has 0 unspecified atom stereocenters. The summed E-state index contributed by atoms with van der Waals surface area (Å²) in [4.78, 5) is 7.26. The number of halogens is 3. The van der Waals surface area contributed by atoms with E-state index in [9.17, 15) is 12.8 Å². The van der Waals surface area contributed by atoms with Gasteiger partial charge >= 0.3 is 0 Å². The minimum absolute atomic E-state index is 0.140. The van der Waals surface area contributed by atoms with E-state index in [4.69, 9.17) is 11.6 Å². The van der Waals surface area contributed by atoms with Crippen LogP contribution in [0.4, 0.5) is 10.1 Å². The topological polar surface area (TPSA) is 72.0 Å². The summed E-state index contributed by atoms with van der Waals surface area (Å²) in [6, 6.07) is 3.72. The molecule has 0 aromatic carbocycles. The third kappa shape index (κ3) is 3.20. The Morgan fingerprint density at radius 3 is 2.74 bits per heavy atom. The number of pyridine rings is 2. The van der Waals surface area contributed by atoms with E-state index in [1.165, 1.54) is 24.5 Å². The molecule has 9 heteroatoms. The van der Waals surface area contributed by atoms with E-state index in [-0.39, 0.29) is 10.8 Å². The number of sulfonamides is 1. The van der Waals surface area contributed by atoms with Gasteiger partial charge in [0.25, 0.3) is 10.0 Å². The average molecular weight is 367 g/mol. The summed E-state index contributed by atoms with van der Waals surface area (Å²) in [5, 5.41) is -0.493. The normalized spacial score (nSPS) is 11.3. The average Bonchev–Trinajstić information content (AvgIpc) is 2.34. The molecule has 2 aromatic heterocycles. The van der Waals surface area contributed by atoms with Crippen LogP contribution in [-0.2, 0) is 10.0 Å². The summed E-state index contributed by atoms with van der Waals surface area (Å²) in [7, 11) is -4.11. The third-order valence-electron chi connectivity index (χ3n) is 2.03.